The van der Waals surface area contributed by atoms with Crippen LogP contribution < -0.4 is 4.74 Å². The molecule has 102 valence electrons. The number of para-hydroxylation sites is 1. The van der Waals surface area contributed by atoms with E-state index in [-0.39, 0.29) is 5.60 Å². The van der Waals surface area contributed by atoms with Crippen molar-refractivity contribution in [1.29, 1.82) is 0 Å². The third-order valence-corrected chi connectivity index (χ3v) is 3.63. The van der Waals surface area contributed by atoms with Gasteiger partial charge in [0, 0.05) is 5.56 Å². The lowest BCUT2D eigenvalue weighted by Crippen LogP contribution is -2.34. The molecule has 0 saturated heterocycles. The molecule has 19 heavy (non-hydrogen) atoms. The number of ether oxygens (including phenoxy) is 1. The Kier molecular flexibility index (Phi) is 4.47. The van der Waals surface area contributed by atoms with Crippen LogP contribution in [0.25, 0.3) is 5.57 Å². The van der Waals surface area contributed by atoms with E-state index in [1.54, 1.807) is 0 Å². The van der Waals surface area contributed by atoms with Crippen LogP contribution in [-0.4, -0.2) is 5.60 Å². The molecule has 0 amide bonds. The van der Waals surface area contributed by atoms with Crippen LogP contribution in [-0.2, 0) is 0 Å². The molecule has 0 radical (unpaired) electrons. The Morgan fingerprint density at radius 3 is 2.74 bits per heavy atom. The zero-order valence-electron chi connectivity index (χ0n) is 12.3. The van der Waals surface area contributed by atoms with Gasteiger partial charge in [0.05, 0.1) is 0 Å². The zero-order chi connectivity index (χ0) is 13.7. The molecule has 0 N–H and O–H groups in total. The largest absolute Gasteiger partial charge is 0.478 e. The molecule has 1 atom stereocenters. The Morgan fingerprint density at radius 1 is 1.21 bits per heavy atom. The molecule has 0 bridgehead atoms. The molecule has 0 aliphatic carbocycles. The summed E-state index contributed by atoms with van der Waals surface area (Å²) in [4.78, 5) is 0. The standard InChI is InChI=1S/C18H24O/c1-4-6-12-18(13-7-5-2)14-15(3)16-10-8-9-11-17(16)19-18/h6,8-12,14H,4-5,7,13H2,1-3H3/b12-6+/t18-/m1/s1. The monoisotopic (exact) mass is 256 g/mol. The molecule has 1 aromatic carbocycles. The molecular formula is C18H24O. The van der Waals surface area contributed by atoms with E-state index in [1.807, 2.05) is 6.07 Å². The Bertz CT molecular complexity index is 484. The number of fused-ring (bicyclic) bond motifs is 1. The first-order valence-electron chi connectivity index (χ1n) is 7.36. The highest BCUT2D eigenvalue weighted by Gasteiger charge is 2.31. The summed E-state index contributed by atoms with van der Waals surface area (Å²) in [6, 6.07) is 8.33. The average molecular weight is 256 g/mol. The zero-order valence-corrected chi connectivity index (χ0v) is 12.3. The second-order valence-electron chi connectivity index (χ2n) is 5.29. The SMILES string of the molecule is CC/C=C/[C@@]1(CCCC)C=C(C)c2ccccc2O1. The number of allylic oxidation sites excluding steroid dienone is 2. The number of hydrogen-bond donors (Lipinski definition) is 0. The van der Waals surface area contributed by atoms with Gasteiger partial charge < -0.3 is 4.74 Å². The molecule has 0 spiro atoms. The van der Waals surface area contributed by atoms with Crippen LogP contribution in [0.15, 0.2) is 42.5 Å². The first-order chi connectivity index (χ1) is 9.21. The maximum absolute atomic E-state index is 6.33. The van der Waals surface area contributed by atoms with Gasteiger partial charge >= 0.3 is 0 Å². The van der Waals surface area contributed by atoms with E-state index in [1.165, 1.54) is 24.0 Å². The van der Waals surface area contributed by atoms with Gasteiger partial charge in [-0.1, -0.05) is 44.5 Å². The summed E-state index contributed by atoms with van der Waals surface area (Å²) in [5.74, 6) is 1.01. The molecular weight excluding hydrogens is 232 g/mol. The molecule has 1 nitrogen and oxygen atoms in total. The number of unbranched alkanes of at least 4 members (excludes halogenated alkanes) is 1. The second-order valence-corrected chi connectivity index (χ2v) is 5.29. The first-order valence-corrected chi connectivity index (χ1v) is 7.36. The van der Waals surface area contributed by atoms with Crippen molar-refractivity contribution >= 4 is 5.57 Å². The van der Waals surface area contributed by atoms with Gasteiger partial charge in [0.15, 0.2) is 0 Å². The van der Waals surface area contributed by atoms with Gasteiger partial charge in [-0.25, -0.2) is 0 Å². The van der Waals surface area contributed by atoms with Crippen molar-refractivity contribution in [3.8, 4) is 5.75 Å². The van der Waals surface area contributed by atoms with Crippen molar-refractivity contribution < 1.29 is 4.74 Å². The lowest BCUT2D eigenvalue weighted by atomic mass is 9.88. The molecule has 0 aromatic heterocycles. The fraction of sp³-hybridized carbons (Fsp3) is 0.444. The van der Waals surface area contributed by atoms with E-state index in [4.69, 9.17) is 4.74 Å². The summed E-state index contributed by atoms with van der Waals surface area (Å²) >= 11 is 0. The normalized spacial score (nSPS) is 21.9. The van der Waals surface area contributed by atoms with Crippen LogP contribution in [0.2, 0.25) is 0 Å². The van der Waals surface area contributed by atoms with E-state index in [0.717, 1.165) is 18.6 Å². The molecule has 0 saturated carbocycles. The van der Waals surface area contributed by atoms with Gasteiger partial charge in [-0.3, -0.25) is 0 Å². The summed E-state index contributed by atoms with van der Waals surface area (Å²) < 4.78 is 6.33. The minimum absolute atomic E-state index is 0.246. The smallest absolute Gasteiger partial charge is 0.146 e. The highest BCUT2D eigenvalue weighted by Crippen LogP contribution is 2.38. The quantitative estimate of drug-likeness (QED) is 0.643. The lowest BCUT2D eigenvalue weighted by Gasteiger charge is -2.34. The molecule has 1 heterocycles. The molecule has 0 fully saturated rings. The van der Waals surface area contributed by atoms with Gasteiger partial charge in [0.2, 0.25) is 0 Å². The maximum Gasteiger partial charge on any atom is 0.146 e. The van der Waals surface area contributed by atoms with Crippen LogP contribution in [0.5, 0.6) is 5.75 Å². The summed E-state index contributed by atoms with van der Waals surface area (Å²) in [7, 11) is 0. The Morgan fingerprint density at radius 2 is 2.00 bits per heavy atom. The van der Waals surface area contributed by atoms with Crippen molar-refractivity contribution in [2.45, 2.75) is 52.1 Å². The van der Waals surface area contributed by atoms with Gasteiger partial charge in [-0.15, -0.1) is 0 Å². The molecule has 2 rings (SSSR count). The first kappa shape index (κ1) is 13.9. The van der Waals surface area contributed by atoms with Crippen molar-refractivity contribution in [1.82, 2.24) is 0 Å². The van der Waals surface area contributed by atoms with E-state index in [0.29, 0.717) is 0 Å². The Balaban J connectivity index is 2.36. The van der Waals surface area contributed by atoms with Gasteiger partial charge in [0.25, 0.3) is 0 Å². The van der Waals surface area contributed by atoms with Crippen molar-refractivity contribution in [2.24, 2.45) is 0 Å². The number of hydrogen-bond acceptors (Lipinski definition) is 1. The van der Waals surface area contributed by atoms with Crippen LogP contribution in [0.1, 0.15) is 52.0 Å². The summed E-state index contributed by atoms with van der Waals surface area (Å²) in [5.41, 5.74) is 2.29. The average Bonchev–Trinajstić information content (AvgIpc) is 2.43. The Labute approximate surface area is 117 Å². The third-order valence-electron chi connectivity index (χ3n) is 3.63. The van der Waals surface area contributed by atoms with E-state index < -0.39 is 0 Å². The summed E-state index contributed by atoms with van der Waals surface area (Å²) in [5, 5.41) is 0. The molecule has 1 aliphatic rings. The van der Waals surface area contributed by atoms with Gasteiger partial charge in [-0.05, 0) is 50.0 Å². The predicted octanol–water partition coefficient (Wildman–Crippen LogP) is 5.38. The van der Waals surface area contributed by atoms with Gasteiger partial charge in [-0.2, -0.15) is 0 Å². The fourth-order valence-corrected chi connectivity index (χ4v) is 2.62. The minimum atomic E-state index is -0.246. The van der Waals surface area contributed by atoms with Crippen LogP contribution in [0.3, 0.4) is 0 Å². The predicted molar refractivity (Wildman–Crippen MR) is 82.4 cm³/mol. The maximum atomic E-state index is 6.33. The molecule has 1 heteroatoms. The van der Waals surface area contributed by atoms with Crippen molar-refractivity contribution in [3.05, 3.63) is 48.1 Å². The minimum Gasteiger partial charge on any atom is -0.478 e. The summed E-state index contributed by atoms with van der Waals surface area (Å²) in [6.07, 6.45) is 11.2. The van der Waals surface area contributed by atoms with E-state index >= 15 is 0 Å². The third kappa shape index (κ3) is 3.09. The van der Waals surface area contributed by atoms with Crippen LogP contribution in [0.4, 0.5) is 0 Å². The van der Waals surface area contributed by atoms with Crippen LogP contribution in [0, 0.1) is 0 Å². The lowest BCUT2D eigenvalue weighted by molar-refractivity contribution is 0.153. The highest BCUT2D eigenvalue weighted by atomic mass is 16.5. The molecule has 0 unspecified atom stereocenters. The highest BCUT2D eigenvalue weighted by molar-refractivity contribution is 5.72. The second kappa shape index (κ2) is 6.10. The van der Waals surface area contributed by atoms with Crippen molar-refractivity contribution in [2.75, 3.05) is 0 Å². The molecule has 1 aliphatic heterocycles. The van der Waals surface area contributed by atoms with Gasteiger partial charge in [0.1, 0.15) is 11.4 Å². The van der Waals surface area contributed by atoms with E-state index in [9.17, 15) is 0 Å². The van der Waals surface area contributed by atoms with Crippen molar-refractivity contribution in [3.63, 3.8) is 0 Å². The number of benzene rings is 1. The van der Waals surface area contributed by atoms with Crippen LogP contribution >= 0.6 is 0 Å². The van der Waals surface area contributed by atoms with E-state index in [2.05, 4.69) is 57.2 Å². The Hall–Kier alpha value is -1.50. The topological polar surface area (TPSA) is 9.23 Å². The fourth-order valence-electron chi connectivity index (χ4n) is 2.62. The summed E-state index contributed by atoms with van der Waals surface area (Å²) in [6.45, 7) is 6.57. The number of rotatable bonds is 5. The molecule has 1 aromatic rings.